The van der Waals surface area contributed by atoms with Crippen LogP contribution in [-0.2, 0) is 16.0 Å². The molecule has 3 N–H and O–H groups in total. The summed E-state index contributed by atoms with van der Waals surface area (Å²) in [7, 11) is 0. The number of hydrogen-bond acceptors (Lipinski definition) is 5. The number of aliphatic carboxylic acids is 1. The second-order valence-electron chi connectivity index (χ2n) is 9.47. The summed E-state index contributed by atoms with van der Waals surface area (Å²) in [5.41, 5.74) is -0.806. The van der Waals surface area contributed by atoms with Gasteiger partial charge in [0.05, 0.1) is 17.6 Å². The highest BCUT2D eigenvalue weighted by Gasteiger charge is 2.52. The first-order chi connectivity index (χ1) is 15.2. The minimum Gasteiger partial charge on any atom is -0.481 e. The molecule has 174 valence electrons. The maximum Gasteiger partial charge on any atom is 0.303 e. The van der Waals surface area contributed by atoms with Crippen LogP contribution < -0.4 is 0 Å². The number of rotatable bonds is 11. The van der Waals surface area contributed by atoms with Gasteiger partial charge < -0.3 is 15.3 Å². The van der Waals surface area contributed by atoms with Crippen LogP contribution in [0.1, 0.15) is 57.2 Å². The highest BCUT2D eigenvalue weighted by molar-refractivity contribution is 7.19. The van der Waals surface area contributed by atoms with Crippen molar-refractivity contribution in [2.45, 2.75) is 71.0 Å². The summed E-state index contributed by atoms with van der Waals surface area (Å²) in [5, 5.41) is 31.3. The van der Waals surface area contributed by atoms with Crippen LogP contribution in [0, 0.1) is 17.3 Å². The molecule has 0 saturated heterocycles. The zero-order chi connectivity index (χ0) is 23.3. The van der Waals surface area contributed by atoms with Gasteiger partial charge in [-0.2, -0.15) is 0 Å². The lowest BCUT2D eigenvalue weighted by atomic mass is 9.86. The molecule has 1 heterocycles. The highest BCUT2D eigenvalue weighted by Crippen LogP contribution is 2.45. The number of unbranched alkanes of at least 4 members (excludes halogenated alkanes) is 3. The number of thiophene rings is 1. The summed E-state index contributed by atoms with van der Waals surface area (Å²) in [6, 6.07) is 10.2. The van der Waals surface area contributed by atoms with Crippen molar-refractivity contribution in [2.75, 3.05) is 0 Å². The van der Waals surface area contributed by atoms with E-state index in [9.17, 15) is 19.8 Å². The van der Waals surface area contributed by atoms with Crippen molar-refractivity contribution >= 4 is 33.2 Å². The van der Waals surface area contributed by atoms with Crippen molar-refractivity contribution < 1.29 is 24.9 Å². The van der Waals surface area contributed by atoms with Gasteiger partial charge in [-0.3, -0.25) is 9.59 Å². The fourth-order valence-electron chi connectivity index (χ4n) is 4.72. The number of carbonyl (C=O) groups excluding carboxylic acids is 1. The van der Waals surface area contributed by atoms with Crippen LogP contribution in [0.4, 0.5) is 0 Å². The summed E-state index contributed by atoms with van der Waals surface area (Å²) in [5.74, 6) is -1.29. The first kappa shape index (κ1) is 24.6. The molecule has 2 aromatic rings. The number of carbonyl (C=O) groups is 2. The standard InChI is InChI=1S/C26H34O5S/c1-26(2)24(30)20(10-5-3-4-6-12-23(28)29)21(25(26)31)14-13-18(27)16-19-15-17-9-7-8-11-22(17)32-19/h7-9,11,13-15,18,20-21,25,27,31H,3-6,10,12,16H2,1-2H3,(H,28,29). The topological polar surface area (TPSA) is 94.8 Å². The second kappa shape index (κ2) is 10.7. The molecule has 1 aliphatic rings. The molecule has 0 bridgehead atoms. The third-order valence-corrected chi connectivity index (χ3v) is 7.78. The Morgan fingerprint density at radius 2 is 1.91 bits per heavy atom. The van der Waals surface area contributed by atoms with Crippen molar-refractivity contribution in [2.24, 2.45) is 17.3 Å². The van der Waals surface area contributed by atoms with Gasteiger partial charge >= 0.3 is 5.97 Å². The lowest BCUT2D eigenvalue weighted by Crippen LogP contribution is -2.31. The zero-order valence-corrected chi connectivity index (χ0v) is 19.7. The molecule has 0 radical (unpaired) electrons. The van der Waals surface area contributed by atoms with Crippen molar-refractivity contribution in [3.8, 4) is 0 Å². The van der Waals surface area contributed by atoms with E-state index in [1.54, 1.807) is 31.3 Å². The fraction of sp³-hybridized carbons (Fsp3) is 0.538. The van der Waals surface area contributed by atoms with E-state index in [0.29, 0.717) is 19.3 Å². The first-order valence-electron chi connectivity index (χ1n) is 11.5. The van der Waals surface area contributed by atoms with E-state index in [1.807, 2.05) is 18.2 Å². The van der Waals surface area contributed by atoms with Crippen LogP contribution in [0.2, 0.25) is 0 Å². The van der Waals surface area contributed by atoms with E-state index in [2.05, 4.69) is 18.2 Å². The van der Waals surface area contributed by atoms with E-state index in [4.69, 9.17) is 5.11 Å². The Labute approximate surface area is 193 Å². The first-order valence-corrected chi connectivity index (χ1v) is 12.3. The number of aliphatic hydroxyl groups is 2. The average Bonchev–Trinajstić information content (AvgIpc) is 3.21. The number of Topliss-reactive ketones (excluding diaryl/α,β-unsaturated/α-hetero) is 1. The van der Waals surface area contributed by atoms with Crippen LogP contribution in [0.3, 0.4) is 0 Å². The number of fused-ring (bicyclic) bond motifs is 1. The fourth-order valence-corrected chi connectivity index (χ4v) is 5.84. The SMILES string of the molecule is CC1(C)C(=O)C(CCCCCCC(=O)O)C(C=CC(O)Cc2cc3ccccc3s2)C1O. The molecule has 1 saturated carbocycles. The number of hydrogen-bond donors (Lipinski definition) is 3. The van der Waals surface area contributed by atoms with Crippen LogP contribution in [0.25, 0.3) is 10.1 Å². The van der Waals surface area contributed by atoms with E-state index in [0.717, 1.165) is 24.1 Å². The Morgan fingerprint density at radius 1 is 1.19 bits per heavy atom. The molecule has 5 nitrogen and oxygen atoms in total. The smallest absolute Gasteiger partial charge is 0.303 e. The van der Waals surface area contributed by atoms with E-state index >= 15 is 0 Å². The number of carboxylic acids is 1. The minimum absolute atomic E-state index is 0.0733. The molecule has 1 aromatic heterocycles. The molecular weight excluding hydrogens is 424 g/mol. The van der Waals surface area contributed by atoms with Gasteiger partial charge in [0, 0.05) is 34.3 Å². The third-order valence-electron chi connectivity index (χ3n) is 6.64. The van der Waals surface area contributed by atoms with Crippen LogP contribution in [-0.4, -0.2) is 39.3 Å². The third kappa shape index (κ3) is 5.85. The van der Waals surface area contributed by atoms with E-state index < -0.39 is 23.6 Å². The van der Waals surface area contributed by atoms with Gasteiger partial charge in [-0.15, -0.1) is 11.3 Å². The molecule has 1 fully saturated rings. The molecule has 0 spiro atoms. The molecule has 4 unspecified atom stereocenters. The van der Waals surface area contributed by atoms with Crippen LogP contribution in [0.5, 0.6) is 0 Å². The van der Waals surface area contributed by atoms with Crippen molar-refractivity contribution in [3.63, 3.8) is 0 Å². The average molecular weight is 459 g/mol. The summed E-state index contributed by atoms with van der Waals surface area (Å²) in [6.07, 6.45) is 6.65. The van der Waals surface area contributed by atoms with Gasteiger partial charge in [0.15, 0.2) is 0 Å². The summed E-state index contributed by atoms with van der Waals surface area (Å²) < 4.78 is 1.20. The molecule has 4 atom stereocenters. The summed E-state index contributed by atoms with van der Waals surface area (Å²) >= 11 is 1.67. The van der Waals surface area contributed by atoms with Gasteiger partial charge in [-0.05, 0) is 30.4 Å². The minimum atomic E-state index is -0.806. The molecule has 1 aliphatic carbocycles. The largest absolute Gasteiger partial charge is 0.481 e. The zero-order valence-electron chi connectivity index (χ0n) is 18.9. The second-order valence-corrected chi connectivity index (χ2v) is 10.6. The van der Waals surface area contributed by atoms with Crippen molar-refractivity contribution in [1.82, 2.24) is 0 Å². The van der Waals surface area contributed by atoms with Gasteiger partial charge in [0.25, 0.3) is 0 Å². The van der Waals surface area contributed by atoms with Gasteiger partial charge in [-0.25, -0.2) is 0 Å². The Kier molecular flexibility index (Phi) is 8.26. The van der Waals surface area contributed by atoms with Gasteiger partial charge in [-0.1, -0.05) is 63.5 Å². The number of aliphatic hydroxyl groups excluding tert-OH is 2. The molecule has 32 heavy (non-hydrogen) atoms. The maximum atomic E-state index is 13.0. The molecule has 1 aromatic carbocycles. The quantitative estimate of drug-likeness (QED) is 0.326. The number of ketones is 1. The normalized spacial score (nSPS) is 23.9. The molecule has 0 aliphatic heterocycles. The molecule has 0 amide bonds. The molecule has 3 rings (SSSR count). The Morgan fingerprint density at radius 3 is 2.62 bits per heavy atom. The summed E-state index contributed by atoms with van der Waals surface area (Å²) in [4.78, 5) is 24.7. The predicted molar refractivity (Wildman–Crippen MR) is 128 cm³/mol. The van der Waals surface area contributed by atoms with Crippen LogP contribution in [0.15, 0.2) is 42.5 Å². The highest BCUT2D eigenvalue weighted by atomic mass is 32.1. The Balaban J connectivity index is 1.59. The van der Waals surface area contributed by atoms with Crippen molar-refractivity contribution in [3.05, 3.63) is 47.4 Å². The lowest BCUT2D eigenvalue weighted by Gasteiger charge is -2.22. The predicted octanol–water partition coefficient (Wildman–Crippen LogP) is 4.99. The molecule has 6 heteroatoms. The Hall–Kier alpha value is -2.02. The van der Waals surface area contributed by atoms with Gasteiger partial charge in [0.1, 0.15) is 5.78 Å². The van der Waals surface area contributed by atoms with E-state index in [-0.39, 0.29) is 24.0 Å². The number of carboxylic acid groups (broad SMARTS) is 1. The number of benzene rings is 1. The van der Waals surface area contributed by atoms with E-state index in [1.165, 1.54) is 10.1 Å². The monoisotopic (exact) mass is 458 g/mol. The lowest BCUT2D eigenvalue weighted by molar-refractivity contribution is -0.137. The van der Waals surface area contributed by atoms with Gasteiger partial charge in [0.2, 0.25) is 0 Å². The molecular formula is C26H34O5S. The maximum absolute atomic E-state index is 13.0. The Bertz CT molecular complexity index is 927. The summed E-state index contributed by atoms with van der Waals surface area (Å²) in [6.45, 7) is 3.59. The van der Waals surface area contributed by atoms with Crippen molar-refractivity contribution in [1.29, 1.82) is 0 Å². The van der Waals surface area contributed by atoms with Crippen LogP contribution >= 0.6 is 11.3 Å².